The van der Waals surface area contributed by atoms with Gasteiger partial charge in [0.1, 0.15) is 5.75 Å². The maximum Gasteiger partial charge on any atom is 0.256 e. The second-order valence-corrected chi connectivity index (χ2v) is 6.80. The summed E-state index contributed by atoms with van der Waals surface area (Å²) in [5, 5.41) is 1.00. The molecular weight excluding hydrogens is 338 g/mol. The van der Waals surface area contributed by atoms with Gasteiger partial charge < -0.3 is 9.64 Å². The summed E-state index contributed by atoms with van der Waals surface area (Å²) in [5.41, 5.74) is 2.73. The van der Waals surface area contributed by atoms with Crippen molar-refractivity contribution >= 4 is 16.8 Å². The minimum absolute atomic E-state index is 0.0726. The Morgan fingerprint density at radius 3 is 2.48 bits per heavy atom. The number of hydrogen-bond acceptors (Lipinski definition) is 4. The average molecular weight is 361 g/mol. The molecule has 0 aliphatic carbocycles. The van der Waals surface area contributed by atoms with Gasteiger partial charge in [0.2, 0.25) is 0 Å². The van der Waals surface area contributed by atoms with E-state index in [0.29, 0.717) is 5.56 Å². The summed E-state index contributed by atoms with van der Waals surface area (Å²) in [6.45, 7) is 4.10. The van der Waals surface area contributed by atoms with Gasteiger partial charge in [-0.2, -0.15) is 0 Å². The van der Waals surface area contributed by atoms with Crippen molar-refractivity contribution in [2.45, 2.75) is 6.54 Å². The lowest BCUT2D eigenvalue weighted by molar-refractivity contribution is 0.0630. The van der Waals surface area contributed by atoms with Crippen LogP contribution in [0.15, 0.2) is 60.8 Å². The molecule has 0 unspecified atom stereocenters. The van der Waals surface area contributed by atoms with Gasteiger partial charge in [0, 0.05) is 44.3 Å². The van der Waals surface area contributed by atoms with E-state index in [4.69, 9.17) is 4.74 Å². The van der Waals surface area contributed by atoms with Gasteiger partial charge in [-0.05, 0) is 29.8 Å². The van der Waals surface area contributed by atoms with E-state index in [1.807, 2.05) is 47.4 Å². The number of pyridine rings is 1. The van der Waals surface area contributed by atoms with Crippen LogP contribution in [0.5, 0.6) is 5.75 Å². The molecule has 0 saturated carbocycles. The van der Waals surface area contributed by atoms with Gasteiger partial charge in [-0.15, -0.1) is 0 Å². The summed E-state index contributed by atoms with van der Waals surface area (Å²) in [4.78, 5) is 21.7. The molecule has 0 bridgehead atoms. The number of para-hydroxylation sites is 1. The summed E-state index contributed by atoms with van der Waals surface area (Å²) < 4.78 is 5.21. The lowest BCUT2D eigenvalue weighted by Gasteiger charge is -2.35. The Morgan fingerprint density at radius 1 is 1.00 bits per heavy atom. The highest BCUT2D eigenvalue weighted by Gasteiger charge is 2.23. The lowest BCUT2D eigenvalue weighted by Crippen LogP contribution is -2.48. The van der Waals surface area contributed by atoms with Gasteiger partial charge in [0.25, 0.3) is 5.91 Å². The molecule has 5 heteroatoms. The van der Waals surface area contributed by atoms with E-state index in [0.717, 1.165) is 49.4 Å². The third kappa shape index (κ3) is 3.78. The standard InChI is InChI=1S/C22H23N3O2/c1-27-19-9-7-17(8-10-19)16-24-12-14-25(15-13-24)22(26)20-6-2-4-18-5-3-11-23-21(18)20/h2-11H,12-16H2,1H3. The van der Waals surface area contributed by atoms with Crippen molar-refractivity contribution in [2.24, 2.45) is 0 Å². The third-order valence-corrected chi connectivity index (χ3v) is 5.09. The van der Waals surface area contributed by atoms with E-state index < -0.39 is 0 Å². The van der Waals surface area contributed by atoms with Crippen LogP contribution in [0.3, 0.4) is 0 Å². The van der Waals surface area contributed by atoms with E-state index in [1.165, 1.54) is 5.56 Å². The lowest BCUT2D eigenvalue weighted by atomic mass is 10.1. The fourth-order valence-electron chi connectivity index (χ4n) is 3.55. The number of nitrogens with zero attached hydrogens (tertiary/aromatic N) is 3. The number of aromatic nitrogens is 1. The smallest absolute Gasteiger partial charge is 0.256 e. The molecule has 138 valence electrons. The summed E-state index contributed by atoms with van der Waals surface area (Å²) in [5.74, 6) is 0.946. The van der Waals surface area contributed by atoms with Crippen LogP contribution in [0.2, 0.25) is 0 Å². The van der Waals surface area contributed by atoms with Crippen LogP contribution >= 0.6 is 0 Å². The van der Waals surface area contributed by atoms with Crippen LogP contribution in [-0.4, -0.2) is 54.0 Å². The third-order valence-electron chi connectivity index (χ3n) is 5.09. The zero-order valence-electron chi connectivity index (χ0n) is 15.5. The van der Waals surface area contributed by atoms with Crippen molar-refractivity contribution < 1.29 is 9.53 Å². The van der Waals surface area contributed by atoms with Crippen molar-refractivity contribution in [3.63, 3.8) is 0 Å². The van der Waals surface area contributed by atoms with Crippen molar-refractivity contribution in [3.05, 3.63) is 71.9 Å². The van der Waals surface area contributed by atoms with Crippen LogP contribution in [0.1, 0.15) is 15.9 Å². The number of amides is 1. The Kier molecular flexibility index (Phi) is 5.03. The first kappa shape index (κ1) is 17.5. The van der Waals surface area contributed by atoms with E-state index in [9.17, 15) is 4.79 Å². The number of methoxy groups -OCH3 is 1. The van der Waals surface area contributed by atoms with Crippen LogP contribution in [0, 0.1) is 0 Å². The van der Waals surface area contributed by atoms with Gasteiger partial charge in [0.15, 0.2) is 0 Å². The van der Waals surface area contributed by atoms with Crippen LogP contribution in [0.4, 0.5) is 0 Å². The van der Waals surface area contributed by atoms with Gasteiger partial charge in [-0.1, -0.05) is 30.3 Å². The number of rotatable bonds is 4. The number of hydrogen-bond donors (Lipinski definition) is 0. The minimum Gasteiger partial charge on any atom is -0.497 e. The van der Waals surface area contributed by atoms with Crippen molar-refractivity contribution in [3.8, 4) is 5.75 Å². The highest BCUT2D eigenvalue weighted by Crippen LogP contribution is 2.19. The molecule has 1 aliphatic rings. The van der Waals surface area contributed by atoms with Crippen LogP contribution in [0.25, 0.3) is 10.9 Å². The molecule has 0 N–H and O–H groups in total. The second kappa shape index (κ2) is 7.76. The second-order valence-electron chi connectivity index (χ2n) is 6.80. The Bertz CT molecular complexity index is 926. The highest BCUT2D eigenvalue weighted by atomic mass is 16.5. The number of ether oxygens (including phenoxy) is 1. The number of benzene rings is 2. The van der Waals surface area contributed by atoms with E-state index >= 15 is 0 Å². The Labute approximate surface area is 159 Å². The fraction of sp³-hybridized carbons (Fsp3) is 0.273. The van der Waals surface area contributed by atoms with Crippen LogP contribution in [-0.2, 0) is 6.54 Å². The molecule has 0 spiro atoms. The summed E-state index contributed by atoms with van der Waals surface area (Å²) in [7, 11) is 1.68. The summed E-state index contributed by atoms with van der Waals surface area (Å²) in [6, 6.07) is 17.9. The quantitative estimate of drug-likeness (QED) is 0.716. The summed E-state index contributed by atoms with van der Waals surface area (Å²) >= 11 is 0. The highest BCUT2D eigenvalue weighted by molar-refractivity contribution is 6.05. The van der Waals surface area contributed by atoms with E-state index in [-0.39, 0.29) is 5.91 Å². The molecular formula is C22H23N3O2. The first-order chi connectivity index (χ1) is 13.2. The number of piperazine rings is 1. The van der Waals surface area contributed by atoms with Gasteiger partial charge in [0.05, 0.1) is 18.2 Å². The van der Waals surface area contributed by atoms with Crippen molar-refractivity contribution in [1.82, 2.24) is 14.8 Å². The largest absolute Gasteiger partial charge is 0.497 e. The number of carbonyl (C=O) groups is 1. The number of carbonyl (C=O) groups excluding carboxylic acids is 1. The molecule has 2 heterocycles. The Balaban J connectivity index is 1.40. The van der Waals surface area contributed by atoms with E-state index in [1.54, 1.807) is 13.3 Å². The molecule has 1 aliphatic heterocycles. The molecule has 2 aromatic carbocycles. The number of fused-ring (bicyclic) bond motifs is 1. The Hall–Kier alpha value is -2.92. The maximum atomic E-state index is 13.0. The van der Waals surface area contributed by atoms with Gasteiger partial charge >= 0.3 is 0 Å². The molecule has 1 fully saturated rings. The zero-order chi connectivity index (χ0) is 18.6. The predicted molar refractivity (Wildman–Crippen MR) is 106 cm³/mol. The van der Waals surface area contributed by atoms with Gasteiger partial charge in [-0.3, -0.25) is 14.7 Å². The molecule has 5 nitrogen and oxygen atoms in total. The molecule has 4 rings (SSSR count). The monoisotopic (exact) mass is 361 g/mol. The van der Waals surface area contributed by atoms with E-state index in [2.05, 4.69) is 22.0 Å². The molecule has 3 aromatic rings. The molecule has 1 amide bonds. The minimum atomic E-state index is 0.0726. The van der Waals surface area contributed by atoms with Crippen molar-refractivity contribution in [2.75, 3.05) is 33.3 Å². The van der Waals surface area contributed by atoms with Crippen LogP contribution < -0.4 is 4.74 Å². The first-order valence-corrected chi connectivity index (χ1v) is 9.23. The average Bonchev–Trinajstić information content (AvgIpc) is 2.74. The SMILES string of the molecule is COc1ccc(CN2CCN(C(=O)c3cccc4cccnc34)CC2)cc1. The molecule has 1 aromatic heterocycles. The molecule has 27 heavy (non-hydrogen) atoms. The maximum absolute atomic E-state index is 13.0. The molecule has 1 saturated heterocycles. The Morgan fingerprint density at radius 2 is 1.74 bits per heavy atom. The zero-order valence-corrected chi connectivity index (χ0v) is 15.5. The van der Waals surface area contributed by atoms with Crippen molar-refractivity contribution in [1.29, 1.82) is 0 Å². The predicted octanol–water partition coefficient (Wildman–Crippen LogP) is 3.20. The first-order valence-electron chi connectivity index (χ1n) is 9.23. The molecule has 0 radical (unpaired) electrons. The topological polar surface area (TPSA) is 45.7 Å². The summed E-state index contributed by atoms with van der Waals surface area (Å²) in [6.07, 6.45) is 1.74. The fourth-order valence-corrected chi connectivity index (χ4v) is 3.55. The normalized spacial score (nSPS) is 15.1. The van der Waals surface area contributed by atoms with Gasteiger partial charge in [-0.25, -0.2) is 0 Å². The molecule has 0 atom stereocenters.